The minimum atomic E-state index is -4.44. The van der Waals surface area contributed by atoms with Crippen LogP contribution in [0.1, 0.15) is 29.5 Å². The Morgan fingerprint density at radius 2 is 1.63 bits per heavy atom. The van der Waals surface area contributed by atoms with Crippen molar-refractivity contribution >= 4 is 11.7 Å². The molecule has 3 rings (SSSR count). The van der Waals surface area contributed by atoms with Gasteiger partial charge in [-0.05, 0) is 42.7 Å². The van der Waals surface area contributed by atoms with Crippen molar-refractivity contribution in [2.45, 2.75) is 37.7 Å². The third-order valence-corrected chi connectivity index (χ3v) is 4.87. The molecule has 0 aliphatic carbocycles. The van der Waals surface area contributed by atoms with Crippen molar-refractivity contribution in [3.8, 4) is 0 Å². The third kappa shape index (κ3) is 5.64. The van der Waals surface area contributed by atoms with Gasteiger partial charge in [-0.15, -0.1) is 0 Å². The maximum absolute atomic E-state index is 12.6. The number of pyridine rings is 1. The Labute approximate surface area is 168 Å². The Morgan fingerprint density at radius 1 is 1.00 bits per heavy atom. The van der Waals surface area contributed by atoms with E-state index in [1.165, 1.54) is 18.2 Å². The number of benzene rings is 1. The van der Waals surface area contributed by atoms with Crippen molar-refractivity contribution in [1.82, 2.24) is 10.3 Å². The summed E-state index contributed by atoms with van der Waals surface area (Å²) in [5.74, 6) is 0.173. The van der Waals surface area contributed by atoms with Crippen molar-refractivity contribution in [3.05, 3.63) is 59.3 Å². The van der Waals surface area contributed by atoms with Crippen molar-refractivity contribution < 1.29 is 31.1 Å². The van der Waals surface area contributed by atoms with Gasteiger partial charge in [-0.2, -0.15) is 26.3 Å². The molecule has 30 heavy (non-hydrogen) atoms. The normalized spacial score (nSPS) is 17.3. The number of carbonyl (C=O) groups is 1. The summed E-state index contributed by atoms with van der Waals surface area (Å²) in [6.45, 7) is 0.965. The van der Waals surface area contributed by atoms with Gasteiger partial charge in [0.05, 0.1) is 11.1 Å². The molecule has 1 N–H and O–H groups in total. The largest absolute Gasteiger partial charge is 0.417 e. The lowest BCUT2D eigenvalue weighted by Gasteiger charge is -2.18. The number of nitrogens with zero attached hydrogens (tertiary/aromatic N) is 2. The summed E-state index contributed by atoms with van der Waals surface area (Å²) in [6, 6.07) is 6.77. The first-order valence-corrected chi connectivity index (χ1v) is 9.26. The number of hydrogen-bond donors (Lipinski definition) is 1. The van der Waals surface area contributed by atoms with Crippen LogP contribution in [0.25, 0.3) is 0 Å². The second-order valence-corrected chi connectivity index (χ2v) is 7.10. The standard InChI is InChI=1S/C20H19F6N3O/c21-19(22,23)14-4-1-13(2-5-14)3-8-18(30)28-16-9-10-29(12-16)17-7-6-15(11-27-17)20(24,25)26/h1-2,4-7,11,16H,3,8-10,12H2,(H,28,30). The van der Waals surface area contributed by atoms with Crippen molar-refractivity contribution in [1.29, 1.82) is 0 Å². The number of anilines is 1. The first kappa shape index (κ1) is 21.9. The highest BCUT2D eigenvalue weighted by Crippen LogP contribution is 2.30. The van der Waals surface area contributed by atoms with Crippen molar-refractivity contribution in [2.24, 2.45) is 0 Å². The van der Waals surface area contributed by atoms with Crippen LogP contribution in [-0.2, 0) is 23.6 Å². The van der Waals surface area contributed by atoms with Gasteiger partial charge in [-0.1, -0.05) is 12.1 Å². The van der Waals surface area contributed by atoms with Crippen LogP contribution >= 0.6 is 0 Å². The van der Waals surface area contributed by atoms with E-state index in [4.69, 9.17) is 0 Å². The molecule has 1 aliphatic heterocycles. The number of rotatable bonds is 5. The summed E-state index contributed by atoms with van der Waals surface area (Å²) < 4.78 is 75.5. The minimum absolute atomic E-state index is 0.125. The molecule has 2 heterocycles. The van der Waals surface area contributed by atoms with Gasteiger partial charge in [0.25, 0.3) is 0 Å². The SMILES string of the molecule is O=C(CCc1ccc(C(F)(F)F)cc1)NC1CCN(c2ccc(C(F)(F)F)cn2)C1. The molecule has 1 amide bonds. The zero-order valence-corrected chi connectivity index (χ0v) is 15.7. The number of carbonyl (C=O) groups excluding carboxylic acids is 1. The lowest BCUT2D eigenvalue weighted by atomic mass is 10.1. The van der Waals surface area contributed by atoms with Gasteiger partial charge in [0.2, 0.25) is 5.91 Å². The summed E-state index contributed by atoms with van der Waals surface area (Å²) in [6.07, 6.45) is -7.01. The fourth-order valence-electron chi connectivity index (χ4n) is 3.25. The number of hydrogen-bond acceptors (Lipinski definition) is 3. The second-order valence-electron chi connectivity index (χ2n) is 7.10. The predicted octanol–water partition coefficient (Wildman–Crippen LogP) is 4.45. The molecule has 1 atom stereocenters. The number of aromatic nitrogens is 1. The highest BCUT2D eigenvalue weighted by Gasteiger charge is 2.32. The Balaban J connectivity index is 1.46. The average molecular weight is 431 g/mol. The van der Waals surface area contributed by atoms with E-state index in [0.29, 0.717) is 37.3 Å². The maximum Gasteiger partial charge on any atom is 0.417 e. The van der Waals surface area contributed by atoms with Crippen molar-refractivity contribution in [3.63, 3.8) is 0 Å². The molecule has 1 unspecified atom stereocenters. The fourth-order valence-corrected chi connectivity index (χ4v) is 3.25. The summed E-state index contributed by atoms with van der Waals surface area (Å²) in [4.78, 5) is 17.8. The highest BCUT2D eigenvalue weighted by atomic mass is 19.4. The number of halogens is 6. The molecule has 0 bridgehead atoms. The van der Waals surface area contributed by atoms with E-state index in [1.807, 2.05) is 0 Å². The molecule has 1 aliphatic rings. The van der Waals surface area contributed by atoms with E-state index in [-0.39, 0.29) is 18.4 Å². The molecule has 2 aromatic rings. The number of amides is 1. The summed E-state index contributed by atoms with van der Waals surface area (Å²) in [5.41, 5.74) is -0.933. The van der Waals surface area contributed by atoms with Crippen LogP contribution in [0.15, 0.2) is 42.6 Å². The van der Waals surface area contributed by atoms with Crippen LogP contribution in [0.5, 0.6) is 0 Å². The smallest absolute Gasteiger partial charge is 0.354 e. The van der Waals surface area contributed by atoms with Gasteiger partial charge in [0.15, 0.2) is 0 Å². The van der Waals surface area contributed by atoms with E-state index in [2.05, 4.69) is 10.3 Å². The number of nitrogens with one attached hydrogen (secondary N) is 1. The van der Waals surface area contributed by atoms with Gasteiger partial charge >= 0.3 is 12.4 Å². The fraction of sp³-hybridized carbons (Fsp3) is 0.400. The summed E-state index contributed by atoms with van der Waals surface area (Å²) >= 11 is 0. The first-order valence-electron chi connectivity index (χ1n) is 9.26. The number of alkyl halides is 6. The molecule has 0 spiro atoms. The van der Waals surface area contributed by atoms with Crippen LogP contribution in [0.3, 0.4) is 0 Å². The van der Waals surface area contributed by atoms with Crippen molar-refractivity contribution in [2.75, 3.05) is 18.0 Å². The summed E-state index contributed by atoms with van der Waals surface area (Å²) in [5, 5.41) is 2.85. The highest BCUT2D eigenvalue weighted by molar-refractivity contribution is 5.76. The topological polar surface area (TPSA) is 45.2 Å². The van der Waals surface area contributed by atoms with Crippen LogP contribution in [0, 0.1) is 0 Å². The predicted molar refractivity (Wildman–Crippen MR) is 97.8 cm³/mol. The monoisotopic (exact) mass is 431 g/mol. The van der Waals surface area contributed by atoms with E-state index in [1.54, 1.807) is 4.90 Å². The van der Waals surface area contributed by atoms with Gasteiger partial charge < -0.3 is 10.2 Å². The molecule has 1 aromatic heterocycles. The zero-order chi connectivity index (χ0) is 21.9. The minimum Gasteiger partial charge on any atom is -0.354 e. The lowest BCUT2D eigenvalue weighted by Crippen LogP contribution is -2.37. The molecule has 162 valence electrons. The molecule has 10 heteroatoms. The Morgan fingerprint density at radius 3 is 2.20 bits per heavy atom. The Bertz CT molecular complexity index is 862. The molecule has 1 saturated heterocycles. The quantitative estimate of drug-likeness (QED) is 0.712. The van der Waals surface area contributed by atoms with Crippen LogP contribution in [0.4, 0.5) is 32.2 Å². The third-order valence-electron chi connectivity index (χ3n) is 4.87. The lowest BCUT2D eigenvalue weighted by molar-refractivity contribution is -0.138. The average Bonchev–Trinajstić information content (AvgIpc) is 3.14. The Kier molecular flexibility index (Phi) is 6.23. The molecule has 0 saturated carbocycles. The molecular weight excluding hydrogens is 412 g/mol. The van der Waals surface area contributed by atoms with Gasteiger partial charge in [0, 0.05) is 31.7 Å². The van der Waals surface area contributed by atoms with Crippen LogP contribution < -0.4 is 10.2 Å². The molecule has 1 aromatic carbocycles. The van der Waals surface area contributed by atoms with Gasteiger partial charge in [0.1, 0.15) is 5.82 Å². The van der Waals surface area contributed by atoms with E-state index >= 15 is 0 Å². The van der Waals surface area contributed by atoms with Gasteiger partial charge in [-0.25, -0.2) is 4.98 Å². The summed E-state index contributed by atoms with van der Waals surface area (Å²) in [7, 11) is 0. The zero-order valence-electron chi connectivity index (χ0n) is 15.7. The van der Waals surface area contributed by atoms with E-state index in [9.17, 15) is 31.1 Å². The Hall–Kier alpha value is -2.78. The molecular formula is C20H19F6N3O. The maximum atomic E-state index is 12.6. The van der Waals surface area contributed by atoms with Crippen LogP contribution in [-0.4, -0.2) is 30.0 Å². The number of aryl methyl sites for hydroxylation is 1. The second kappa shape index (κ2) is 8.53. The molecule has 0 radical (unpaired) electrons. The van der Waals surface area contributed by atoms with E-state index < -0.39 is 23.5 Å². The van der Waals surface area contributed by atoms with Gasteiger partial charge in [-0.3, -0.25) is 4.79 Å². The van der Waals surface area contributed by atoms with Crippen LogP contribution in [0.2, 0.25) is 0 Å². The first-order chi connectivity index (χ1) is 14.0. The molecule has 4 nitrogen and oxygen atoms in total. The van der Waals surface area contributed by atoms with E-state index in [0.717, 1.165) is 24.4 Å². The molecule has 1 fully saturated rings.